The van der Waals surface area contributed by atoms with Crippen molar-refractivity contribution in [2.45, 2.75) is 44.4 Å². The zero-order valence-electron chi connectivity index (χ0n) is 18.3. The molecule has 0 unspecified atom stereocenters. The summed E-state index contributed by atoms with van der Waals surface area (Å²) in [6.45, 7) is 4.76. The molecule has 0 radical (unpaired) electrons. The van der Waals surface area contributed by atoms with Crippen LogP contribution in [0.4, 0.5) is 11.4 Å². The summed E-state index contributed by atoms with van der Waals surface area (Å²) < 4.78 is 33.3. The number of para-hydroxylation sites is 1. The molecule has 0 fully saturated rings. The van der Waals surface area contributed by atoms with Crippen LogP contribution in [0.2, 0.25) is 0 Å². The number of halogens is 1. The van der Waals surface area contributed by atoms with E-state index in [4.69, 9.17) is 9.84 Å². The zero-order valence-corrected chi connectivity index (χ0v) is 20.7. The number of carboxylic acid groups (broad SMARTS) is 1. The second-order valence-corrected chi connectivity index (χ2v) is 11.0. The van der Waals surface area contributed by atoms with Gasteiger partial charge in [0.05, 0.1) is 33.1 Å². The first-order valence-corrected chi connectivity index (χ1v) is 13.1. The molecule has 0 amide bonds. The van der Waals surface area contributed by atoms with Crippen LogP contribution in [0.3, 0.4) is 0 Å². The van der Waals surface area contributed by atoms with Crippen molar-refractivity contribution >= 4 is 43.1 Å². The van der Waals surface area contributed by atoms with E-state index in [0.717, 1.165) is 43.7 Å². The van der Waals surface area contributed by atoms with Gasteiger partial charge in [-0.1, -0.05) is 44.9 Å². The minimum Gasteiger partial charge on any atom is -0.478 e. The molecule has 1 heterocycles. The van der Waals surface area contributed by atoms with E-state index in [-0.39, 0.29) is 21.8 Å². The number of benzene rings is 2. The smallest absolute Gasteiger partial charge is 0.331 e. The van der Waals surface area contributed by atoms with Crippen LogP contribution in [0.15, 0.2) is 64.2 Å². The van der Waals surface area contributed by atoms with Crippen LogP contribution in [0.25, 0.3) is 0 Å². The lowest BCUT2D eigenvalue weighted by Gasteiger charge is -2.36. The topological polar surface area (TPSA) is 83.9 Å². The standard InChI is InChI=1S/C24H28BrNO5S/c1-3-5-12-24(4-2)16-26(18-9-7-6-8-10-18)20-14-19(25)21(31-13-11-23(27)28)15-22(20)32(29,30)17-24/h6-11,13-15H,3-5,12,16-17H2,1-2H3,(H,27,28)/b13-11+/t24-/m0/s1. The van der Waals surface area contributed by atoms with Gasteiger partial charge in [-0.05, 0) is 47.0 Å². The number of ether oxygens (including phenoxy) is 1. The number of aliphatic carboxylic acids is 1. The molecule has 32 heavy (non-hydrogen) atoms. The van der Waals surface area contributed by atoms with Gasteiger partial charge in [-0.3, -0.25) is 0 Å². The number of hydrogen-bond donors (Lipinski definition) is 1. The Morgan fingerprint density at radius 2 is 1.97 bits per heavy atom. The fourth-order valence-corrected chi connectivity index (χ4v) is 6.72. The molecule has 0 aliphatic carbocycles. The molecule has 8 heteroatoms. The molecule has 0 spiro atoms. The van der Waals surface area contributed by atoms with E-state index in [1.54, 1.807) is 6.07 Å². The fraction of sp³-hybridized carbons (Fsp3) is 0.375. The quantitative estimate of drug-likeness (QED) is 0.341. The number of anilines is 2. The Morgan fingerprint density at radius 3 is 2.59 bits per heavy atom. The van der Waals surface area contributed by atoms with Crippen LogP contribution in [0, 0.1) is 5.41 Å². The monoisotopic (exact) mass is 521 g/mol. The third-order valence-electron chi connectivity index (χ3n) is 5.91. The van der Waals surface area contributed by atoms with E-state index >= 15 is 0 Å². The molecular formula is C24H28BrNO5S. The average molecular weight is 522 g/mol. The number of carboxylic acids is 1. The number of nitrogens with zero attached hydrogens (tertiary/aromatic N) is 1. The van der Waals surface area contributed by atoms with E-state index < -0.39 is 15.8 Å². The van der Waals surface area contributed by atoms with Crippen molar-refractivity contribution in [3.63, 3.8) is 0 Å². The van der Waals surface area contributed by atoms with Crippen LogP contribution in [-0.4, -0.2) is 31.8 Å². The third kappa shape index (κ3) is 5.35. The molecule has 1 atom stereocenters. The van der Waals surface area contributed by atoms with Crippen molar-refractivity contribution in [2.24, 2.45) is 5.41 Å². The predicted molar refractivity (Wildman–Crippen MR) is 129 cm³/mol. The number of carbonyl (C=O) groups is 1. The summed E-state index contributed by atoms with van der Waals surface area (Å²) in [6, 6.07) is 13.0. The maximum absolute atomic E-state index is 13.6. The Bertz CT molecular complexity index is 1100. The number of hydrogen-bond acceptors (Lipinski definition) is 5. The van der Waals surface area contributed by atoms with Gasteiger partial charge in [-0.25, -0.2) is 13.2 Å². The molecule has 0 aromatic heterocycles. The lowest BCUT2D eigenvalue weighted by Crippen LogP contribution is -2.37. The highest BCUT2D eigenvalue weighted by Crippen LogP contribution is 2.46. The summed E-state index contributed by atoms with van der Waals surface area (Å²) in [5.74, 6) is -0.850. The van der Waals surface area contributed by atoms with E-state index in [1.165, 1.54) is 6.07 Å². The minimum atomic E-state index is -3.63. The molecule has 2 aromatic rings. The van der Waals surface area contributed by atoms with E-state index in [0.29, 0.717) is 16.7 Å². The van der Waals surface area contributed by atoms with Crippen LogP contribution in [0.1, 0.15) is 39.5 Å². The van der Waals surface area contributed by atoms with Crippen LogP contribution in [-0.2, 0) is 14.6 Å². The van der Waals surface area contributed by atoms with Crippen molar-refractivity contribution < 1.29 is 23.1 Å². The van der Waals surface area contributed by atoms with Crippen molar-refractivity contribution in [3.05, 3.63) is 59.3 Å². The van der Waals surface area contributed by atoms with Crippen molar-refractivity contribution in [1.82, 2.24) is 0 Å². The highest BCUT2D eigenvalue weighted by atomic mass is 79.9. The Balaban J connectivity index is 2.19. The maximum Gasteiger partial charge on any atom is 0.331 e. The lowest BCUT2D eigenvalue weighted by atomic mass is 9.81. The predicted octanol–water partition coefficient (Wildman–Crippen LogP) is 5.94. The highest BCUT2D eigenvalue weighted by Gasteiger charge is 2.41. The van der Waals surface area contributed by atoms with Crippen molar-refractivity contribution in [2.75, 3.05) is 17.2 Å². The van der Waals surface area contributed by atoms with Gasteiger partial charge < -0.3 is 14.7 Å². The summed E-state index contributed by atoms with van der Waals surface area (Å²) in [5.41, 5.74) is 1.12. The molecule has 1 aliphatic heterocycles. The van der Waals surface area contributed by atoms with Gasteiger partial charge in [-0.15, -0.1) is 0 Å². The van der Waals surface area contributed by atoms with Crippen LogP contribution >= 0.6 is 15.9 Å². The average Bonchev–Trinajstić information content (AvgIpc) is 2.85. The lowest BCUT2D eigenvalue weighted by molar-refractivity contribution is -0.131. The van der Waals surface area contributed by atoms with Gasteiger partial charge in [0.1, 0.15) is 5.75 Å². The zero-order chi connectivity index (χ0) is 23.4. The van der Waals surface area contributed by atoms with Gasteiger partial charge in [0.15, 0.2) is 9.84 Å². The highest BCUT2D eigenvalue weighted by molar-refractivity contribution is 9.10. The van der Waals surface area contributed by atoms with E-state index in [9.17, 15) is 13.2 Å². The molecule has 0 bridgehead atoms. The Labute approximate surface area is 197 Å². The number of fused-ring (bicyclic) bond motifs is 1. The number of sulfone groups is 1. The summed E-state index contributed by atoms with van der Waals surface area (Å²) in [7, 11) is -3.63. The van der Waals surface area contributed by atoms with Crippen molar-refractivity contribution in [1.29, 1.82) is 0 Å². The molecule has 0 saturated carbocycles. The summed E-state index contributed by atoms with van der Waals surface area (Å²) in [6.07, 6.45) is 5.41. The molecule has 2 aromatic carbocycles. The largest absolute Gasteiger partial charge is 0.478 e. The first-order chi connectivity index (χ1) is 15.2. The molecule has 3 rings (SSSR count). The number of rotatable bonds is 8. The van der Waals surface area contributed by atoms with Gasteiger partial charge >= 0.3 is 5.97 Å². The normalized spacial score (nSPS) is 20.0. The van der Waals surface area contributed by atoms with Gasteiger partial charge in [-0.2, -0.15) is 0 Å². The fourth-order valence-electron chi connectivity index (χ4n) is 4.12. The molecule has 1 N–H and O–H groups in total. The molecule has 6 nitrogen and oxygen atoms in total. The molecule has 1 aliphatic rings. The van der Waals surface area contributed by atoms with Crippen LogP contribution in [0.5, 0.6) is 5.75 Å². The Kier molecular flexibility index (Phi) is 7.67. The Morgan fingerprint density at radius 1 is 1.25 bits per heavy atom. The molecular weight excluding hydrogens is 494 g/mol. The van der Waals surface area contributed by atoms with Gasteiger partial charge in [0.2, 0.25) is 0 Å². The number of unbranched alkanes of at least 4 members (excludes halogenated alkanes) is 1. The van der Waals surface area contributed by atoms with Crippen molar-refractivity contribution in [3.8, 4) is 5.75 Å². The second-order valence-electron chi connectivity index (χ2n) is 8.15. The van der Waals surface area contributed by atoms with E-state index in [2.05, 4.69) is 34.7 Å². The SMILES string of the molecule is CCCC[C@@]1(CC)CN(c2ccccc2)c2cc(Br)c(O/C=C/C(=O)O)cc2S(=O)(=O)C1. The Hall–Kier alpha value is -2.32. The first-order valence-electron chi connectivity index (χ1n) is 10.7. The first kappa shape index (κ1) is 24.3. The second kappa shape index (κ2) is 10.1. The maximum atomic E-state index is 13.6. The van der Waals surface area contributed by atoms with Gasteiger partial charge in [0.25, 0.3) is 0 Å². The summed E-state index contributed by atoms with van der Waals surface area (Å²) in [4.78, 5) is 13.0. The van der Waals surface area contributed by atoms with Gasteiger partial charge in [0, 0.05) is 23.7 Å². The molecule has 172 valence electrons. The van der Waals surface area contributed by atoms with Crippen LogP contribution < -0.4 is 9.64 Å². The summed E-state index contributed by atoms with van der Waals surface area (Å²) >= 11 is 3.47. The third-order valence-corrected chi connectivity index (χ3v) is 8.52. The summed E-state index contributed by atoms with van der Waals surface area (Å²) in [5, 5.41) is 8.81. The minimum absolute atomic E-state index is 0.0544. The van der Waals surface area contributed by atoms with E-state index in [1.807, 2.05) is 30.3 Å². The molecule has 0 saturated heterocycles.